The highest BCUT2D eigenvalue weighted by Crippen LogP contribution is 2.30. The molecule has 0 bridgehead atoms. The fraction of sp³-hybridized carbons (Fsp3) is 0.200. The number of Topliss-reactive ketones (excluding diaryl/α,β-unsaturated/α-hetero) is 1. The van der Waals surface area contributed by atoms with E-state index in [9.17, 15) is 14.7 Å². The van der Waals surface area contributed by atoms with Gasteiger partial charge >= 0.3 is 0 Å². The Kier molecular flexibility index (Phi) is 1.77. The summed E-state index contributed by atoms with van der Waals surface area (Å²) in [7, 11) is 0. The van der Waals surface area contributed by atoms with Crippen molar-refractivity contribution in [3.8, 4) is 5.75 Å². The van der Waals surface area contributed by atoms with E-state index in [0.717, 1.165) is 5.56 Å². The molecule has 1 aromatic carbocycles. The Morgan fingerprint density at radius 1 is 1.50 bits per heavy atom. The highest BCUT2D eigenvalue weighted by molar-refractivity contribution is 6.03. The number of carbonyl (C=O) groups excluding carboxylic acids is 2. The van der Waals surface area contributed by atoms with Gasteiger partial charge in [0.05, 0.1) is 12.0 Å². The Labute approximate surface area is 80.6 Å². The number of benzene rings is 1. The van der Waals surface area contributed by atoms with Gasteiger partial charge in [0.2, 0.25) is 5.91 Å². The average molecular weight is 191 g/mol. The van der Waals surface area contributed by atoms with Crippen molar-refractivity contribution in [1.82, 2.24) is 0 Å². The number of hydrogen-bond donors (Lipinski definition) is 2. The highest BCUT2D eigenvalue weighted by Gasteiger charge is 2.20. The summed E-state index contributed by atoms with van der Waals surface area (Å²) >= 11 is 0. The molecule has 1 amide bonds. The number of hydrogen-bond acceptors (Lipinski definition) is 3. The SMILES string of the molecule is CC(=O)c1cc2c(cc1O)NC(=O)C2. The van der Waals surface area contributed by atoms with E-state index in [0.29, 0.717) is 5.69 Å². The van der Waals surface area contributed by atoms with Crippen LogP contribution < -0.4 is 5.32 Å². The van der Waals surface area contributed by atoms with Gasteiger partial charge in [-0.3, -0.25) is 9.59 Å². The Morgan fingerprint density at radius 3 is 2.86 bits per heavy atom. The lowest BCUT2D eigenvalue weighted by molar-refractivity contribution is -0.115. The molecule has 4 nitrogen and oxygen atoms in total. The molecule has 1 aromatic rings. The zero-order valence-corrected chi connectivity index (χ0v) is 7.63. The third-order valence-corrected chi connectivity index (χ3v) is 2.23. The fourth-order valence-electron chi connectivity index (χ4n) is 1.55. The van der Waals surface area contributed by atoms with Crippen LogP contribution in [0.3, 0.4) is 0 Å². The van der Waals surface area contributed by atoms with Crippen LogP contribution in [0.1, 0.15) is 22.8 Å². The normalized spacial score (nSPS) is 13.6. The molecule has 14 heavy (non-hydrogen) atoms. The Hall–Kier alpha value is -1.84. The van der Waals surface area contributed by atoms with E-state index in [-0.39, 0.29) is 29.4 Å². The second-order valence-electron chi connectivity index (χ2n) is 3.31. The molecule has 1 aliphatic heterocycles. The highest BCUT2D eigenvalue weighted by atomic mass is 16.3. The van der Waals surface area contributed by atoms with Gasteiger partial charge < -0.3 is 10.4 Å². The fourth-order valence-corrected chi connectivity index (χ4v) is 1.55. The van der Waals surface area contributed by atoms with Crippen LogP contribution in [0.2, 0.25) is 0 Å². The number of ketones is 1. The molecule has 0 radical (unpaired) electrons. The van der Waals surface area contributed by atoms with Crippen molar-refractivity contribution in [2.75, 3.05) is 5.32 Å². The maximum Gasteiger partial charge on any atom is 0.228 e. The number of nitrogens with one attached hydrogen (secondary N) is 1. The first-order chi connectivity index (χ1) is 6.58. The molecule has 1 aliphatic rings. The van der Waals surface area contributed by atoms with E-state index in [1.807, 2.05) is 0 Å². The summed E-state index contributed by atoms with van der Waals surface area (Å²) in [5.41, 5.74) is 1.62. The monoisotopic (exact) mass is 191 g/mol. The van der Waals surface area contributed by atoms with E-state index in [4.69, 9.17) is 0 Å². The second-order valence-corrected chi connectivity index (χ2v) is 3.31. The van der Waals surface area contributed by atoms with Gasteiger partial charge in [-0.05, 0) is 18.6 Å². The first-order valence-electron chi connectivity index (χ1n) is 4.24. The minimum absolute atomic E-state index is 0.0848. The van der Waals surface area contributed by atoms with E-state index in [2.05, 4.69) is 5.32 Å². The molecule has 0 saturated carbocycles. The van der Waals surface area contributed by atoms with Gasteiger partial charge in [-0.1, -0.05) is 0 Å². The molecule has 2 N–H and O–H groups in total. The van der Waals surface area contributed by atoms with Crippen molar-refractivity contribution in [2.45, 2.75) is 13.3 Å². The summed E-state index contributed by atoms with van der Waals surface area (Å²) in [6.45, 7) is 1.38. The van der Waals surface area contributed by atoms with Gasteiger partial charge in [-0.25, -0.2) is 0 Å². The van der Waals surface area contributed by atoms with Crippen LogP contribution >= 0.6 is 0 Å². The summed E-state index contributed by atoms with van der Waals surface area (Å²) in [5.74, 6) is -0.400. The van der Waals surface area contributed by atoms with Crippen LogP contribution in [0.5, 0.6) is 5.75 Å². The summed E-state index contributed by atoms with van der Waals surface area (Å²) < 4.78 is 0. The molecule has 0 aliphatic carbocycles. The van der Waals surface area contributed by atoms with E-state index < -0.39 is 0 Å². The maximum absolute atomic E-state index is 11.1. The topological polar surface area (TPSA) is 66.4 Å². The summed E-state index contributed by atoms with van der Waals surface area (Å²) in [4.78, 5) is 22.1. The largest absolute Gasteiger partial charge is 0.507 e. The summed E-state index contributed by atoms with van der Waals surface area (Å²) in [5, 5.41) is 12.1. The Balaban J connectivity index is 2.55. The molecular formula is C10H9NO3. The number of rotatable bonds is 1. The summed E-state index contributed by atoms with van der Waals surface area (Å²) in [6.07, 6.45) is 0.274. The quantitative estimate of drug-likeness (QED) is 0.653. The number of phenolic OH excluding ortho intramolecular Hbond substituents is 1. The standard InChI is InChI=1S/C10H9NO3/c1-5(12)7-2-6-3-10(14)11-8(6)4-9(7)13/h2,4,13H,3H2,1H3,(H,11,14). The number of amides is 1. The molecule has 0 unspecified atom stereocenters. The molecule has 0 spiro atoms. The maximum atomic E-state index is 11.1. The second kappa shape index (κ2) is 2.83. The van der Waals surface area contributed by atoms with Crippen molar-refractivity contribution >= 4 is 17.4 Å². The first kappa shape index (κ1) is 8.74. The van der Waals surface area contributed by atoms with Crippen LogP contribution in [0, 0.1) is 0 Å². The Morgan fingerprint density at radius 2 is 2.21 bits per heavy atom. The van der Waals surface area contributed by atoms with Crippen LogP contribution in [0.15, 0.2) is 12.1 Å². The van der Waals surface area contributed by atoms with E-state index >= 15 is 0 Å². The van der Waals surface area contributed by atoms with Crippen molar-refractivity contribution in [2.24, 2.45) is 0 Å². The smallest absolute Gasteiger partial charge is 0.228 e. The van der Waals surface area contributed by atoms with Crippen molar-refractivity contribution < 1.29 is 14.7 Å². The predicted octanol–water partition coefficient (Wildman–Crippen LogP) is 1.09. The van der Waals surface area contributed by atoms with Crippen molar-refractivity contribution in [3.05, 3.63) is 23.3 Å². The average Bonchev–Trinajstić information content (AvgIpc) is 2.42. The van der Waals surface area contributed by atoms with Gasteiger partial charge in [-0.2, -0.15) is 0 Å². The zero-order valence-electron chi connectivity index (χ0n) is 7.63. The molecule has 0 atom stereocenters. The molecular weight excluding hydrogens is 182 g/mol. The number of carbonyl (C=O) groups is 2. The van der Waals surface area contributed by atoms with Gasteiger partial charge in [0.25, 0.3) is 0 Å². The molecule has 4 heteroatoms. The van der Waals surface area contributed by atoms with E-state index in [1.54, 1.807) is 6.07 Å². The molecule has 0 saturated heterocycles. The van der Waals surface area contributed by atoms with Gasteiger partial charge in [0.15, 0.2) is 5.78 Å². The van der Waals surface area contributed by atoms with E-state index in [1.165, 1.54) is 13.0 Å². The number of phenols is 1. The van der Waals surface area contributed by atoms with Crippen LogP contribution in [-0.4, -0.2) is 16.8 Å². The van der Waals surface area contributed by atoms with Crippen molar-refractivity contribution in [3.63, 3.8) is 0 Å². The molecule has 72 valence electrons. The lowest BCUT2D eigenvalue weighted by Crippen LogP contribution is -2.03. The lowest BCUT2D eigenvalue weighted by Gasteiger charge is -2.03. The van der Waals surface area contributed by atoms with Gasteiger partial charge in [0.1, 0.15) is 5.75 Å². The molecule has 0 fully saturated rings. The minimum atomic E-state index is -0.204. The predicted molar refractivity (Wildman–Crippen MR) is 50.4 cm³/mol. The first-order valence-corrected chi connectivity index (χ1v) is 4.24. The van der Waals surface area contributed by atoms with Gasteiger partial charge in [0, 0.05) is 11.8 Å². The molecule has 0 aromatic heterocycles. The van der Waals surface area contributed by atoms with Crippen LogP contribution in [-0.2, 0) is 11.2 Å². The third kappa shape index (κ3) is 1.25. The van der Waals surface area contributed by atoms with Crippen LogP contribution in [0.4, 0.5) is 5.69 Å². The number of fused-ring (bicyclic) bond motifs is 1. The lowest BCUT2D eigenvalue weighted by atomic mass is 10.0. The van der Waals surface area contributed by atoms with Gasteiger partial charge in [-0.15, -0.1) is 0 Å². The zero-order chi connectivity index (χ0) is 10.3. The molecule has 2 rings (SSSR count). The van der Waals surface area contributed by atoms with Crippen LogP contribution in [0.25, 0.3) is 0 Å². The molecule has 1 heterocycles. The number of aromatic hydroxyl groups is 1. The van der Waals surface area contributed by atoms with Crippen molar-refractivity contribution in [1.29, 1.82) is 0 Å². The number of anilines is 1. The summed E-state index contributed by atoms with van der Waals surface area (Å²) in [6, 6.07) is 2.97. The Bertz CT molecular complexity index is 437. The third-order valence-electron chi connectivity index (χ3n) is 2.23. The minimum Gasteiger partial charge on any atom is -0.507 e.